The largest absolute Gasteiger partial charge is 0.454 e. The van der Waals surface area contributed by atoms with Crippen LogP contribution in [0.3, 0.4) is 0 Å². The Labute approximate surface area is 151 Å². The monoisotopic (exact) mass is 358 g/mol. The molecular formula is C18H22N4O4. The van der Waals surface area contributed by atoms with E-state index in [1.807, 2.05) is 7.05 Å². The summed E-state index contributed by atoms with van der Waals surface area (Å²) in [6.07, 6.45) is 2.41. The Kier molecular flexibility index (Phi) is 4.50. The van der Waals surface area contributed by atoms with Crippen LogP contribution < -0.4 is 14.8 Å². The van der Waals surface area contributed by atoms with Gasteiger partial charge in [0.1, 0.15) is 6.04 Å². The highest BCUT2D eigenvalue weighted by atomic mass is 16.7. The van der Waals surface area contributed by atoms with Crippen LogP contribution in [0.15, 0.2) is 22.7 Å². The maximum Gasteiger partial charge on any atom is 0.254 e. The van der Waals surface area contributed by atoms with Crippen LogP contribution in [-0.4, -0.2) is 47.4 Å². The third-order valence-electron chi connectivity index (χ3n) is 4.88. The van der Waals surface area contributed by atoms with E-state index in [1.165, 1.54) is 0 Å². The highest BCUT2D eigenvalue weighted by Gasteiger charge is 2.35. The third-order valence-corrected chi connectivity index (χ3v) is 4.88. The number of hydrogen-bond acceptors (Lipinski definition) is 7. The van der Waals surface area contributed by atoms with Crippen molar-refractivity contribution < 1.29 is 18.8 Å². The van der Waals surface area contributed by atoms with Gasteiger partial charge in [-0.3, -0.25) is 4.79 Å². The number of likely N-dealkylation sites (N-methyl/N-ethyl adjacent to an activating group) is 1. The Balaban J connectivity index is 1.52. The summed E-state index contributed by atoms with van der Waals surface area (Å²) < 4.78 is 16.1. The average molecular weight is 358 g/mol. The van der Waals surface area contributed by atoms with Gasteiger partial charge in [0.25, 0.3) is 5.91 Å². The number of aromatic nitrogens is 2. The van der Waals surface area contributed by atoms with Gasteiger partial charge in [-0.15, -0.1) is 0 Å². The molecule has 0 aliphatic carbocycles. The molecule has 4 rings (SSSR count). The lowest BCUT2D eigenvalue weighted by atomic mass is 10.1. The molecular weight excluding hydrogens is 336 g/mol. The summed E-state index contributed by atoms with van der Waals surface area (Å²) in [5.41, 5.74) is 0.574. The number of amides is 1. The molecule has 1 N–H and O–H groups in total. The van der Waals surface area contributed by atoms with Crippen molar-refractivity contribution in [2.75, 3.05) is 20.4 Å². The van der Waals surface area contributed by atoms with Crippen LogP contribution in [0.25, 0.3) is 0 Å². The quantitative estimate of drug-likeness (QED) is 0.873. The zero-order chi connectivity index (χ0) is 18.1. The number of nitrogens with one attached hydrogen (secondary N) is 1. The van der Waals surface area contributed by atoms with E-state index in [0.29, 0.717) is 41.7 Å². The SMILES string of the molecule is CNC(C)Cc1noc(C2CCCN2C(=O)c2ccc3c(c2)OCO3)n1. The van der Waals surface area contributed by atoms with Crippen molar-refractivity contribution in [3.8, 4) is 11.5 Å². The van der Waals surface area contributed by atoms with Crippen LogP contribution in [0.4, 0.5) is 0 Å². The Morgan fingerprint density at radius 3 is 3.08 bits per heavy atom. The first kappa shape index (κ1) is 16.8. The van der Waals surface area contributed by atoms with Gasteiger partial charge < -0.3 is 24.2 Å². The molecule has 138 valence electrons. The third kappa shape index (κ3) is 3.12. The van der Waals surface area contributed by atoms with Gasteiger partial charge >= 0.3 is 0 Å². The molecule has 2 unspecified atom stereocenters. The van der Waals surface area contributed by atoms with Crippen molar-refractivity contribution in [1.29, 1.82) is 0 Å². The van der Waals surface area contributed by atoms with Crippen LogP contribution in [0.1, 0.15) is 47.9 Å². The van der Waals surface area contributed by atoms with Gasteiger partial charge in [-0.05, 0) is 45.0 Å². The number of rotatable bonds is 5. The number of carbonyl (C=O) groups is 1. The molecule has 2 atom stereocenters. The molecule has 0 saturated carbocycles. The van der Waals surface area contributed by atoms with Crippen molar-refractivity contribution in [2.24, 2.45) is 0 Å². The molecule has 1 amide bonds. The van der Waals surface area contributed by atoms with E-state index in [0.717, 1.165) is 12.8 Å². The van der Waals surface area contributed by atoms with Gasteiger partial charge in [0.2, 0.25) is 12.7 Å². The van der Waals surface area contributed by atoms with Gasteiger partial charge in [0, 0.05) is 24.6 Å². The molecule has 0 bridgehead atoms. The van der Waals surface area contributed by atoms with Crippen LogP contribution in [0.5, 0.6) is 11.5 Å². The highest BCUT2D eigenvalue weighted by molar-refractivity contribution is 5.95. The Morgan fingerprint density at radius 1 is 1.38 bits per heavy atom. The second-order valence-electron chi connectivity index (χ2n) is 6.67. The number of hydrogen-bond donors (Lipinski definition) is 1. The summed E-state index contributed by atoms with van der Waals surface area (Å²) in [5, 5.41) is 7.21. The van der Waals surface area contributed by atoms with Gasteiger partial charge in [-0.2, -0.15) is 4.98 Å². The van der Waals surface area contributed by atoms with Crippen LogP contribution in [0, 0.1) is 0 Å². The van der Waals surface area contributed by atoms with Crippen LogP contribution in [0.2, 0.25) is 0 Å². The maximum absolute atomic E-state index is 13.0. The number of likely N-dealkylation sites (tertiary alicyclic amines) is 1. The first-order valence-corrected chi connectivity index (χ1v) is 8.86. The molecule has 0 radical (unpaired) electrons. The molecule has 26 heavy (non-hydrogen) atoms. The van der Waals surface area contributed by atoms with Crippen molar-refractivity contribution in [1.82, 2.24) is 20.4 Å². The van der Waals surface area contributed by atoms with E-state index in [-0.39, 0.29) is 24.8 Å². The lowest BCUT2D eigenvalue weighted by molar-refractivity contribution is 0.0709. The van der Waals surface area contributed by atoms with Gasteiger partial charge in [-0.25, -0.2) is 0 Å². The molecule has 0 spiro atoms. The molecule has 2 aliphatic heterocycles. The molecule has 1 fully saturated rings. The van der Waals surface area contributed by atoms with E-state index >= 15 is 0 Å². The minimum atomic E-state index is -0.181. The van der Waals surface area contributed by atoms with Gasteiger partial charge in [0.15, 0.2) is 17.3 Å². The maximum atomic E-state index is 13.0. The number of ether oxygens (including phenoxy) is 2. The number of fused-ring (bicyclic) bond motifs is 1. The van der Waals surface area contributed by atoms with E-state index in [4.69, 9.17) is 14.0 Å². The molecule has 1 aromatic heterocycles. The smallest absolute Gasteiger partial charge is 0.254 e. The topological polar surface area (TPSA) is 89.7 Å². The van der Waals surface area contributed by atoms with Crippen molar-refractivity contribution in [3.05, 3.63) is 35.5 Å². The lowest BCUT2D eigenvalue weighted by Crippen LogP contribution is -2.30. The predicted octanol–water partition coefficient (Wildman–Crippen LogP) is 1.93. The minimum Gasteiger partial charge on any atom is -0.454 e. The van der Waals surface area contributed by atoms with E-state index in [2.05, 4.69) is 22.4 Å². The average Bonchev–Trinajstić information content (AvgIpc) is 3.39. The minimum absolute atomic E-state index is 0.0610. The molecule has 8 heteroatoms. The Bertz CT molecular complexity index is 806. The highest BCUT2D eigenvalue weighted by Crippen LogP contribution is 2.36. The molecule has 8 nitrogen and oxygen atoms in total. The van der Waals surface area contributed by atoms with Crippen LogP contribution in [-0.2, 0) is 6.42 Å². The van der Waals surface area contributed by atoms with Crippen molar-refractivity contribution in [3.63, 3.8) is 0 Å². The first-order valence-electron chi connectivity index (χ1n) is 8.86. The van der Waals surface area contributed by atoms with Crippen molar-refractivity contribution in [2.45, 2.75) is 38.3 Å². The lowest BCUT2D eigenvalue weighted by Gasteiger charge is -2.22. The summed E-state index contributed by atoms with van der Waals surface area (Å²) in [7, 11) is 1.90. The zero-order valence-corrected chi connectivity index (χ0v) is 14.9. The van der Waals surface area contributed by atoms with Gasteiger partial charge in [-0.1, -0.05) is 5.16 Å². The Morgan fingerprint density at radius 2 is 2.23 bits per heavy atom. The first-order chi connectivity index (χ1) is 12.7. The number of carbonyl (C=O) groups excluding carboxylic acids is 1. The fourth-order valence-corrected chi connectivity index (χ4v) is 3.32. The van der Waals surface area contributed by atoms with Crippen LogP contribution >= 0.6 is 0 Å². The Hall–Kier alpha value is -2.61. The fraction of sp³-hybridized carbons (Fsp3) is 0.500. The molecule has 3 heterocycles. The predicted molar refractivity (Wildman–Crippen MR) is 92.1 cm³/mol. The second kappa shape index (κ2) is 6.95. The zero-order valence-electron chi connectivity index (χ0n) is 14.9. The summed E-state index contributed by atoms with van der Waals surface area (Å²) >= 11 is 0. The van der Waals surface area contributed by atoms with E-state index < -0.39 is 0 Å². The summed E-state index contributed by atoms with van der Waals surface area (Å²) in [4.78, 5) is 19.3. The standard InChI is InChI=1S/C18H22N4O4/c1-11(19-2)8-16-20-17(26-21-16)13-4-3-7-22(13)18(23)12-5-6-14-15(9-12)25-10-24-14/h5-6,9,11,13,19H,3-4,7-8,10H2,1-2H3. The molecule has 1 aromatic carbocycles. The summed E-state index contributed by atoms with van der Waals surface area (Å²) in [6, 6.07) is 5.34. The fourth-order valence-electron chi connectivity index (χ4n) is 3.32. The summed E-state index contributed by atoms with van der Waals surface area (Å²) in [6.45, 7) is 2.92. The molecule has 2 aliphatic rings. The molecule has 2 aromatic rings. The second-order valence-corrected chi connectivity index (χ2v) is 6.67. The summed E-state index contributed by atoms with van der Waals surface area (Å²) in [5.74, 6) is 2.38. The molecule has 1 saturated heterocycles. The number of nitrogens with zero attached hydrogens (tertiary/aromatic N) is 3. The van der Waals surface area contributed by atoms with E-state index in [9.17, 15) is 4.79 Å². The van der Waals surface area contributed by atoms with E-state index in [1.54, 1.807) is 23.1 Å². The van der Waals surface area contributed by atoms with Gasteiger partial charge in [0.05, 0.1) is 0 Å². The number of benzene rings is 1. The van der Waals surface area contributed by atoms with Crippen molar-refractivity contribution >= 4 is 5.91 Å². The normalized spacial score (nSPS) is 19.8.